The second kappa shape index (κ2) is 7.29. The predicted molar refractivity (Wildman–Crippen MR) is 87.1 cm³/mol. The van der Waals surface area contributed by atoms with Crippen LogP contribution in [-0.2, 0) is 11.0 Å². The maximum Gasteiger partial charge on any atom is 0.524 e. The number of phosphoric acid groups is 1. The van der Waals surface area contributed by atoms with Gasteiger partial charge in [0, 0.05) is 23.6 Å². The van der Waals surface area contributed by atoms with E-state index in [0.29, 0.717) is 0 Å². The minimum Gasteiger partial charge on any atom is -0.404 e. The largest absolute Gasteiger partial charge is 0.524 e. The number of phosphoric ester groups is 1. The van der Waals surface area contributed by atoms with E-state index >= 15 is 0 Å². The zero-order valence-electron chi connectivity index (χ0n) is 13.0. The summed E-state index contributed by atoms with van der Waals surface area (Å²) in [6, 6.07) is 5.00. The Labute approximate surface area is 130 Å². The molecule has 1 aromatic heterocycles. The molecule has 2 rings (SSSR count). The first-order chi connectivity index (χ1) is 10.4. The molecule has 0 radical (unpaired) electrons. The van der Waals surface area contributed by atoms with Gasteiger partial charge in [-0.1, -0.05) is 13.8 Å². The summed E-state index contributed by atoms with van der Waals surface area (Å²) < 4.78 is 15.6. The number of H-pyrrole nitrogens is 1. The van der Waals surface area contributed by atoms with Crippen molar-refractivity contribution in [2.24, 2.45) is 0 Å². The number of hydrogen-bond acceptors (Lipinski definition) is 3. The Bertz CT molecular complexity index is 665. The lowest BCUT2D eigenvalue weighted by molar-refractivity contribution is 0.283. The zero-order valence-corrected chi connectivity index (χ0v) is 13.8. The normalized spacial score (nSPS) is 12.2. The molecule has 0 amide bonds. The molecular formula is C15H23N2O4P. The third-order valence-electron chi connectivity index (χ3n) is 3.65. The lowest BCUT2D eigenvalue weighted by atomic mass is 10.1. The zero-order chi connectivity index (χ0) is 16.2. The van der Waals surface area contributed by atoms with Gasteiger partial charge in [0.15, 0.2) is 0 Å². The topological polar surface area (TPSA) is 85.8 Å². The van der Waals surface area contributed by atoms with Crippen LogP contribution in [0.25, 0.3) is 10.9 Å². The third-order valence-corrected chi connectivity index (χ3v) is 4.10. The SMILES string of the molecule is CCCN(CC)CCc1c[nH]c2ccc(OP(=O)(O)O)cc12. The fourth-order valence-corrected chi connectivity index (χ4v) is 2.97. The van der Waals surface area contributed by atoms with E-state index in [4.69, 9.17) is 9.79 Å². The highest BCUT2D eigenvalue weighted by molar-refractivity contribution is 7.46. The van der Waals surface area contributed by atoms with E-state index in [2.05, 4.69) is 28.3 Å². The van der Waals surface area contributed by atoms with Gasteiger partial charge in [-0.05, 0) is 49.7 Å². The summed E-state index contributed by atoms with van der Waals surface area (Å²) in [7, 11) is -4.53. The third kappa shape index (κ3) is 4.58. The molecule has 0 atom stereocenters. The van der Waals surface area contributed by atoms with Crippen LogP contribution in [0.5, 0.6) is 5.75 Å². The Balaban J connectivity index is 2.16. The second-order valence-electron chi connectivity index (χ2n) is 5.29. The highest BCUT2D eigenvalue weighted by Gasteiger charge is 2.16. The van der Waals surface area contributed by atoms with Crippen molar-refractivity contribution < 1.29 is 18.9 Å². The number of hydrogen-bond donors (Lipinski definition) is 3. The van der Waals surface area contributed by atoms with Gasteiger partial charge in [-0.3, -0.25) is 9.79 Å². The van der Waals surface area contributed by atoms with Gasteiger partial charge >= 0.3 is 7.82 Å². The molecule has 1 heterocycles. The van der Waals surface area contributed by atoms with Gasteiger partial charge < -0.3 is 14.4 Å². The molecule has 0 spiro atoms. The molecule has 22 heavy (non-hydrogen) atoms. The molecule has 122 valence electrons. The summed E-state index contributed by atoms with van der Waals surface area (Å²) >= 11 is 0. The summed E-state index contributed by atoms with van der Waals surface area (Å²) in [4.78, 5) is 23.4. The van der Waals surface area contributed by atoms with Crippen LogP contribution in [0.3, 0.4) is 0 Å². The van der Waals surface area contributed by atoms with Gasteiger partial charge in [-0.2, -0.15) is 0 Å². The van der Waals surface area contributed by atoms with E-state index in [1.165, 1.54) is 0 Å². The molecule has 0 bridgehead atoms. The Morgan fingerprint density at radius 2 is 2.05 bits per heavy atom. The van der Waals surface area contributed by atoms with Crippen LogP contribution in [0.1, 0.15) is 25.8 Å². The second-order valence-corrected chi connectivity index (χ2v) is 6.45. The number of fused-ring (bicyclic) bond motifs is 1. The molecule has 0 unspecified atom stereocenters. The molecule has 7 heteroatoms. The van der Waals surface area contributed by atoms with Gasteiger partial charge in [-0.25, -0.2) is 4.57 Å². The average molecular weight is 326 g/mol. The highest BCUT2D eigenvalue weighted by atomic mass is 31.2. The minimum absolute atomic E-state index is 0.183. The van der Waals surface area contributed by atoms with Crippen LogP contribution >= 0.6 is 7.82 Å². The van der Waals surface area contributed by atoms with Gasteiger partial charge in [0.05, 0.1) is 0 Å². The summed E-state index contributed by atoms with van der Waals surface area (Å²) in [5.74, 6) is 0.183. The summed E-state index contributed by atoms with van der Waals surface area (Å²) in [6.45, 7) is 7.37. The minimum atomic E-state index is -4.53. The summed E-state index contributed by atoms with van der Waals surface area (Å²) in [6.07, 6.45) is 3.96. The van der Waals surface area contributed by atoms with Gasteiger partial charge in [-0.15, -0.1) is 0 Å². The van der Waals surface area contributed by atoms with E-state index in [0.717, 1.165) is 48.9 Å². The first-order valence-electron chi connectivity index (χ1n) is 7.50. The highest BCUT2D eigenvalue weighted by Crippen LogP contribution is 2.38. The van der Waals surface area contributed by atoms with E-state index < -0.39 is 7.82 Å². The van der Waals surface area contributed by atoms with E-state index in [1.54, 1.807) is 18.2 Å². The van der Waals surface area contributed by atoms with E-state index in [1.807, 2.05) is 6.20 Å². The van der Waals surface area contributed by atoms with Crippen LogP contribution in [0, 0.1) is 0 Å². The Kier molecular flexibility index (Phi) is 5.64. The first-order valence-corrected chi connectivity index (χ1v) is 9.03. The van der Waals surface area contributed by atoms with E-state index in [9.17, 15) is 4.57 Å². The van der Waals surface area contributed by atoms with Crippen LogP contribution in [0.2, 0.25) is 0 Å². The molecule has 0 fully saturated rings. The Hall–Kier alpha value is -1.33. The van der Waals surface area contributed by atoms with Crippen molar-refractivity contribution in [1.82, 2.24) is 9.88 Å². The molecular weight excluding hydrogens is 303 g/mol. The van der Waals surface area contributed by atoms with Gasteiger partial charge in [0.25, 0.3) is 0 Å². The van der Waals surface area contributed by atoms with Crippen molar-refractivity contribution in [2.75, 3.05) is 19.6 Å². The van der Waals surface area contributed by atoms with Crippen molar-refractivity contribution in [2.45, 2.75) is 26.7 Å². The summed E-state index contributed by atoms with van der Waals surface area (Å²) in [5.41, 5.74) is 2.06. The molecule has 0 saturated heterocycles. The number of benzene rings is 1. The number of nitrogens with zero attached hydrogens (tertiary/aromatic N) is 1. The monoisotopic (exact) mass is 326 g/mol. The molecule has 2 aromatic rings. The number of rotatable bonds is 8. The standard InChI is InChI=1S/C15H23N2O4P/c1-3-8-17(4-2)9-7-12-11-16-15-6-5-13(10-14(12)15)21-22(18,19)20/h5-6,10-11,16H,3-4,7-9H2,1-2H3,(H2,18,19,20). The number of aromatic amines is 1. The van der Waals surface area contributed by atoms with Crippen LogP contribution in [0.4, 0.5) is 0 Å². The smallest absolute Gasteiger partial charge is 0.404 e. The predicted octanol–water partition coefficient (Wildman–Crippen LogP) is 2.91. The molecule has 0 aliphatic carbocycles. The fourth-order valence-electron chi connectivity index (χ4n) is 2.58. The van der Waals surface area contributed by atoms with Crippen molar-refractivity contribution in [1.29, 1.82) is 0 Å². The van der Waals surface area contributed by atoms with Crippen molar-refractivity contribution >= 4 is 18.7 Å². The number of nitrogens with one attached hydrogen (secondary N) is 1. The van der Waals surface area contributed by atoms with Crippen LogP contribution in [-0.4, -0.2) is 39.3 Å². The van der Waals surface area contributed by atoms with Gasteiger partial charge in [0.1, 0.15) is 5.75 Å². The number of likely N-dealkylation sites (N-methyl/N-ethyl adjacent to an activating group) is 1. The van der Waals surface area contributed by atoms with Gasteiger partial charge in [0.2, 0.25) is 0 Å². The maximum atomic E-state index is 10.9. The molecule has 0 saturated carbocycles. The maximum absolute atomic E-state index is 10.9. The quantitative estimate of drug-likeness (QED) is 0.649. The van der Waals surface area contributed by atoms with Crippen molar-refractivity contribution in [3.8, 4) is 5.75 Å². The number of aromatic nitrogens is 1. The molecule has 1 aromatic carbocycles. The first kappa shape index (κ1) is 17.0. The lowest BCUT2D eigenvalue weighted by Crippen LogP contribution is -2.26. The Morgan fingerprint density at radius 3 is 2.68 bits per heavy atom. The summed E-state index contributed by atoms with van der Waals surface area (Å²) in [5, 5.41) is 0.943. The average Bonchev–Trinajstić information content (AvgIpc) is 2.84. The fraction of sp³-hybridized carbons (Fsp3) is 0.467. The van der Waals surface area contributed by atoms with Crippen molar-refractivity contribution in [3.05, 3.63) is 30.0 Å². The molecule has 0 aliphatic rings. The van der Waals surface area contributed by atoms with Crippen LogP contribution in [0.15, 0.2) is 24.4 Å². The molecule has 3 N–H and O–H groups in total. The van der Waals surface area contributed by atoms with E-state index in [-0.39, 0.29) is 5.75 Å². The molecule has 6 nitrogen and oxygen atoms in total. The van der Waals surface area contributed by atoms with Crippen LogP contribution < -0.4 is 4.52 Å². The van der Waals surface area contributed by atoms with Crippen molar-refractivity contribution in [3.63, 3.8) is 0 Å². The Morgan fingerprint density at radius 1 is 1.27 bits per heavy atom. The lowest BCUT2D eigenvalue weighted by Gasteiger charge is -2.19. The molecule has 0 aliphatic heterocycles.